The third kappa shape index (κ3) is 2.41. The van der Waals surface area contributed by atoms with Gasteiger partial charge in [0, 0.05) is 31.8 Å². The largest absolute Gasteiger partial charge is 0.344 e. The van der Waals surface area contributed by atoms with Crippen molar-refractivity contribution in [2.45, 2.75) is 52.4 Å². The summed E-state index contributed by atoms with van der Waals surface area (Å²) in [6, 6.07) is 2.61. The van der Waals surface area contributed by atoms with Crippen LogP contribution in [0.15, 0.2) is 37.1 Å². The van der Waals surface area contributed by atoms with Crippen LogP contribution in [-0.4, -0.2) is 25.3 Å². The lowest BCUT2D eigenvalue weighted by Gasteiger charge is -2.40. The standard InChI is InChI=1S/C18H29N6/c1-14(2)24-10-8-16(21(24)7)22-12-13-23(15(22)3)18(4,5)17-19-9-11-20(17)6/h8-15H,1-7H3/q+1/t15-/m1/s1. The van der Waals surface area contributed by atoms with Crippen molar-refractivity contribution in [2.75, 3.05) is 4.90 Å². The van der Waals surface area contributed by atoms with Crippen LogP contribution < -0.4 is 9.58 Å². The number of hydrogen-bond acceptors (Lipinski definition) is 3. The SMILES string of the molecule is CC(C)[n+]1ccc(N2C=CN(C(C)(C)c3nccn3C)[C@@H]2C)n1C. The highest BCUT2D eigenvalue weighted by atomic mass is 15.5. The molecule has 3 rings (SSSR count). The molecule has 1 aliphatic heterocycles. The minimum atomic E-state index is -0.192. The van der Waals surface area contributed by atoms with E-state index >= 15 is 0 Å². The Bertz CT molecular complexity index is 751. The summed E-state index contributed by atoms with van der Waals surface area (Å²) >= 11 is 0. The number of hydrogen-bond donors (Lipinski definition) is 0. The summed E-state index contributed by atoms with van der Waals surface area (Å²) in [4.78, 5) is 9.24. The van der Waals surface area contributed by atoms with E-state index in [1.54, 1.807) is 0 Å². The number of nitrogens with zero attached hydrogens (tertiary/aromatic N) is 6. The Morgan fingerprint density at radius 1 is 1.21 bits per heavy atom. The Kier molecular flexibility index (Phi) is 3.94. The predicted molar refractivity (Wildman–Crippen MR) is 95.1 cm³/mol. The zero-order valence-electron chi connectivity index (χ0n) is 15.8. The van der Waals surface area contributed by atoms with Crippen molar-refractivity contribution in [1.29, 1.82) is 0 Å². The van der Waals surface area contributed by atoms with Gasteiger partial charge in [0.2, 0.25) is 0 Å². The first-order valence-corrected chi connectivity index (χ1v) is 8.55. The molecule has 3 heterocycles. The van der Waals surface area contributed by atoms with Crippen molar-refractivity contribution in [3.8, 4) is 0 Å². The number of imidazole rings is 1. The topological polar surface area (TPSA) is 33.1 Å². The monoisotopic (exact) mass is 329 g/mol. The molecule has 2 aromatic heterocycles. The molecular weight excluding hydrogens is 300 g/mol. The first-order valence-electron chi connectivity index (χ1n) is 8.55. The van der Waals surface area contributed by atoms with Crippen LogP contribution >= 0.6 is 0 Å². The minimum Gasteiger partial charge on any atom is -0.344 e. The lowest BCUT2D eigenvalue weighted by atomic mass is 10.0. The molecule has 0 bridgehead atoms. The Balaban J connectivity index is 1.90. The van der Waals surface area contributed by atoms with Crippen molar-refractivity contribution in [1.82, 2.24) is 19.1 Å². The molecule has 0 aromatic carbocycles. The highest BCUT2D eigenvalue weighted by Crippen LogP contribution is 2.34. The van der Waals surface area contributed by atoms with E-state index < -0.39 is 0 Å². The molecule has 24 heavy (non-hydrogen) atoms. The summed E-state index contributed by atoms with van der Waals surface area (Å²) in [5.74, 6) is 2.25. The van der Waals surface area contributed by atoms with Crippen LogP contribution in [0, 0.1) is 0 Å². The van der Waals surface area contributed by atoms with Gasteiger partial charge in [-0.05, 0) is 34.6 Å². The molecule has 0 N–H and O–H groups in total. The average molecular weight is 329 g/mol. The van der Waals surface area contributed by atoms with Crippen molar-refractivity contribution in [2.24, 2.45) is 14.1 Å². The Hall–Kier alpha value is -2.24. The van der Waals surface area contributed by atoms with Crippen LogP contribution in [0.3, 0.4) is 0 Å². The molecule has 1 atom stereocenters. The molecule has 0 aliphatic carbocycles. The van der Waals surface area contributed by atoms with Crippen molar-refractivity contribution >= 4 is 5.82 Å². The molecule has 6 nitrogen and oxygen atoms in total. The van der Waals surface area contributed by atoms with E-state index in [-0.39, 0.29) is 11.7 Å². The van der Waals surface area contributed by atoms with E-state index in [9.17, 15) is 0 Å². The van der Waals surface area contributed by atoms with Gasteiger partial charge in [0.1, 0.15) is 12.0 Å². The van der Waals surface area contributed by atoms with Crippen LogP contribution in [0.2, 0.25) is 0 Å². The lowest BCUT2D eigenvalue weighted by molar-refractivity contribution is -0.789. The maximum Gasteiger partial charge on any atom is 0.198 e. The second-order valence-electron chi connectivity index (χ2n) is 7.34. The fourth-order valence-corrected chi connectivity index (χ4v) is 3.76. The maximum absolute atomic E-state index is 4.57. The molecule has 2 aromatic rings. The predicted octanol–water partition coefficient (Wildman–Crippen LogP) is 2.50. The van der Waals surface area contributed by atoms with E-state index in [0.29, 0.717) is 6.04 Å². The second-order valence-corrected chi connectivity index (χ2v) is 7.34. The lowest BCUT2D eigenvalue weighted by Crippen LogP contribution is -2.49. The molecular formula is C18H29N6+. The number of aryl methyl sites for hydroxylation is 1. The van der Waals surface area contributed by atoms with Gasteiger partial charge in [-0.2, -0.15) is 0 Å². The molecule has 0 amide bonds. The molecule has 0 saturated carbocycles. The Morgan fingerprint density at radius 3 is 2.46 bits per heavy atom. The third-order valence-corrected chi connectivity index (χ3v) is 5.05. The maximum atomic E-state index is 4.57. The van der Waals surface area contributed by atoms with Gasteiger partial charge in [-0.25, -0.2) is 4.98 Å². The van der Waals surface area contributed by atoms with E-state index in [2.05, 4.69) is 102 Å². The number of rotatable bonds is 4. The zero-order chi connectivity index (χ0) is 17.6. The Labute approximate surface area is 144 Å². The second kappa shape index (κ2) is 5.69. The average Bonchev–Trinajstić information content (AvgIpc) is 3.18. The molecule has 0 radical (unpaired) electrons. The quantitative estimate of drug-likeness (QED) is 0.808. The van der Waals surface area contributed by atoms with Crippen LogP contribution in [0.1, 0.15) is 46.5 Å². The first-order chi connectivity index (χ1) is 11.2. The minimum absolute atomic E-state index is 0.192. The van der Waals surface area contributed by atoms with Gasteiger partial charge in [0.25, 0.3) is 0 Å². The van der Waals surface area contributed by atoms with E-state index in [1.165, 1.54) is 5.82 Å². The van der Waals surface area contributed by atoms with Crippen LogP contribution in [-0.2, 0) is 19.6 Å². The van der Waals surface area contributed by atoms with Gasteiger partial charge < -0.3 is 14.4 Å². The highest BCUT2D eigenvalue weighted by Gasteiger charge is 2.39. The van der Waals surface area contributed by atoms with Crippen LogP contribution in [0.5, 0.6) is 0 Å². The van der Waals surface area contributed by atoms with Crippen molar-refractivity contribution in [3.05, 3.63) is 42.9 Å². The van der Waals surface area contributed by atoms with Gasteiger partial charge in [-0.15, -0.1) is 9.36 Å². The van der Waals surface area contributed by atoms with Gasteiger partial charge >= 0.3 is 0 Å². The molecule has 0 fully saturated rings. The van der Waals surface area contributed by atoms with Gasteiger partial charge in [-0.1, -0.05) is 0 Å². The fourth-order valence-electron chi connectivity index (χ4n) is 3.76. The fraction of sp³-hybridized carbons (Fsp3) is 0.556. The molecule has 0 unspecified atom stereocenters. The molecule has 1 aliphatic rings. The van der Waals surface area contributed by atoms with Crippen molar-refractivity contribution in [3.63, 3.8) is 0 Å². The summed E-state index contributed by atoms with van der Waals surface area (Å²) in [5, 5.41) is 0. The summed E-state index contributed by atoms with van der Waals surface area (Å²) in [7, 11) is 4.16. The zero-order valence-corrected chi connectivity index (χ0v) is 15.8. The number of anilines is 1. The smallest absolute Gasteiger partial charge is 0.198 e. The molecule has 0 spiro atoms. The highest BCUT2D eigenvalue weighted by molar-refractivity contribution is 5.44. The molecule has 130 valence electrons. The normalized spacial score (nSPS) is 18.2. The summed E-state index contributed by atoms with van der Waals surface area (Å²) < 4.78 is 6.55. The molecule has 0 saturated heterocycles. The summed E-state index contributed by atoms with van der Waals surface area (Å²) in [6.07, 6.45) is 10.6. The van der Waals surface area contributed by atoms with Crippen LogP contribution in [0.25, 0.3) is 0 Å². The van der Waals surface area contributed by atoms with Crippen LogP contribution in [0.4, 0.5) is 5.82 Å². The van der Waals surface area contributed by atoms with Gasteiger partial charge in [0.05, 0.1) is 18.7 Å². The van der Waals surface area contributed by atoms with Gasteiger partial charge in [-0.3, -0.25) is 0 Å². The van der Waals surface area contributed by atoms with Gasteiger partial charge in [0.15, 0.2) is 18.1 Å². The first kappa shape index (κ1) is 16.6. The molecule has 6 heteroatoms. The third-order valence-electron chi connectivity index (χ3n) is 5.05. The van der Waals surface area contributed by atoms with E-state index in [0.717, 1.165) is 5.82 Å². The van der Waals surface area contributed by atoms with E-state index in [1.807, 2.05) is 12.4 Å². The Morgan fingerprint density at radius 2 is 1.92 bits per heavy atom. The number of aromatic nitrogens is 4. The summed E-state index contributed by atoms with van der Waals surface area (Å²) in [5.41, 5.74) is -0.192. The van der Waals surface area contributed by atoms with Crippen molar-refractivity contribution < 1.29 is 4.68 Å². The van der Waals surface area contributed by atoms with E-state index in [4.69, 9.17) is 0 Å². The summed E-state index contributed by atoms with van der Waals surface area (Å²) in [6.45, 7) is 11.1.